The molecule has 2 N–H and O–H groups in total. The Bertz CT molecular complexity index is 580. The highest BCUT2D eigenvalue weighted by Gasteiger charge is 2.23. The molecule has 0 amide bonds. The molecule has 3 rings (SSSR count). The van der Waals surface area contributed by atoms with Crippen molar-refractivity contribution >= 4 is 11.5 Å². The number of nitrogen functional groups attached to an aromatic ring is 1. The molecule has 0 radical (unpaired) electrons. The summed E-state index contributed by atoms with van der Waals surface area (Å²) < 4.78 is 0. The first-order valence-corrected chi connectivity index (χ1v) is 6.79. The molecule has 1 aliphatic rings. The first kappa shape index (κ1) is 12.0. The van der Waals surface area contributed by atoms with E-state index in [9.17, 15) is 0 Å². The van der Waals surface area contributed by atoms with E-state index in [2.05, 4.69) is 47.1 Å². The minimum absolute atomic E-state index is 0.537. The number of hydrogen-bond acceptors (Lipinski definition) is 3. The highest BCUT2D eigenvalue weighted by molar-refractivity contribution is 5.57. The Morgan fingerprint density at radius 3 is 2.95 bits per heavy atom. The molecule has 2 aromatic rings. The van der Waals surface area contributed by atoms with Gasteiger partial charge in [-0.2, -0.15) is 0 Å². The van der Waals surface area contributed by atoms with Crippen LogP contribution in [0.1, 0.15) is 24.5 Å². The average molecular weight is 253 g/mol. The SMILES string of the molecule is CC1CCc2ccccc2N1Cc1cccnc1N. The van der Waals surface area contributed by atoms with Crippen LogP contribution in [0.5, 0.6) is 0 Å². The molecular formula is C16H19N3. The predicted molar refractivity (Wildman–Crippen MR) is 79.1 cm³/mol. The lowest BCUT2D eigenvalue weighted by atomic mass is 9.96. The third kappa shape index (κ3) is 2.28. The molecule has 98 valence electrons. The van der Waals surface area contributed by atoms with Crippen LogP contribution >= 0.6 is 0 Å². The van der Waals surface area contributed by atoms with E-state index in [1.165, 1.54) is 17.7 Å². The normalized spacial score (nSPS) is 18.2. The van der Waals surface area contributed by atoms with E-state index in [0.29, 0.717) is 11.9 Å². The first-order valence-electron chi connectivity index (χ1n) is 6.79. The number of nitrogens with two attached hydrogens (primary N) is 1. The van der Waals surface area contributed by atoms with Crippen LogP contribution in [0.4, 0.5) is 11.5 Å². The lowest BCUT2D eigenvalue weighted by Crippen LogP contribution is -2.36. The van der Waals surface area contributed by atoms with E-state index in [4.69, 9.17) is 5.73 Å². The van der Waals surface area contributed by atoms with Gasteiger partial charge in [0.05, 0.1) is 0 Å². The van der Waals surface area contributed by atoms with Gasteiger partial charge < -0.3 is 10.6 Å². The van der Waals surface area contributed by atoms with Gasteiger partial charge in [0.25, 0.3) is 0 Å². The lowest BCUT2D eigenvalue weighted by Gasteiger charge is -2.37. The molecular weight excluding hydrogens is 234 g/mol. The summed E-state index contributed by atoms with van der Waals surface area (Å²) in [5.41, 5.74) is 9.84. The van der Waals surface area contributed by atoms with Crippen LogP contribution in [0.25, 0.3) is 0 Å². The fraction of sp³-hybridized carbons (Fsp3) is 0.312. The van der Waals surface area contributed by atoms with E-state index in [1.807, 2.05) is 6.07 Å². The van der Waals surface area contributed by atoms with Crippen LogP contribution in [0.2, 0.25) is 0 Å². The number of aryl methyl sites for hydroxylation is 1. The molecule has 0 saturated heterocycles. The van der Waals surface area contributed by atoms with E-state index < -0.39 is 0 Å². The van der Waals surface area contributed by atoms with Crippen molar-refractivity contribution < 1.29 is 0 Å². The molecule has 1 aromatic heterocycles. The Balaban J connectivity index is 1.94. The van der Waals surface area contributed by atoms with Gasteiger partial charge >= 0.3 is 0 Å². The quantitative estimate of drug-likeness (QED) is 0.894. The summed E-state index contributed by atoms with van der Waals surface area (Å²) in [6, 6.07) is 13.2. The van der Waals surface area contributed by atoms with E-state index in [0.717, 1.165) is 18.5 Å². The van der Waals surface area contributed by atoms with Gasteiger partial charge in [-0.05, 0) is 37.5 Å². The molecule has 0 spiro atoms. The molecule has 2 heterocycles. The molecule has 0 bridgehead atoms. The van der Waals surface area contributed by atoms with Crippen LogP contribution in [-0.2, 0) is 13.0 Å². The van der Waals surface area contributed by atoms with Crippen LogP contribution in [-0.4, -0.2) is 11.0 Å². The zero-order valence-electron chi connectivity index (χ0n) is 11.2. The van der Waals surface area contributed by atoms with E-state index >= 15 is 0 Å². The largest absolute Gasteiger partial charge is 0.383 e. The fourth-order valence-corrected chi connectivity index (χ4v) is 2.77. The number of nitrogens with zero attached hydrogens (tertiary/aromatic N) is 2. The number of pyridine rings is 1. The zero-order chi connectivity index (χ0) is 13.2. The van der Waals surface area contributed by atoms with Gasteiger partial charge in [-0.1, -0.05) is 24.3 Å². The topological polar surface area (TPSA) is 42.2 Å². The Labute approximate surface area is 114 Å². The molecule has 1 atom stereocenters. The summed E-state index contributed by atoms with van der Waals surface area (Å²) in [6.07, 6.45) is 4.10. The van der Waals surface area contributed by atoms with Gasteiger partial charge in [0, 0.05) is 30.0 Å². The van der Waals surface area contributed by atoms with Crippen LogP contribution in [0, 0.1) is 0 Å². The number of aromatic nitrogens is 1. The minimum Gasteiger partial charge on any atom is -0.383 e. The van der Waals surface area contributed by atoms with Gasteiger partial charge in [-0.15, -0.1) is 0 Å². The van der Waals surface area contributed by atoms with Crippen molar-refractivity contribution in [3.8, 4) is 0 Å². The molecule has 19 heavy (non-hydrogen) atoms. The van der Waals surface area contributed by atoms with Gasteiger partial charge in [0.15, 0.2) is 0 Å². The number of benzene rings is 1. The maximum absolute atomic E-state index is 5.97. The monoisotopic (exact) mass is 253 g/mol. The van der Waals surface area contributed by atoms with E-state index in [-0.39, 0.29) is 0 Å². The van der Waals surface area contributed by atoms with Gasteiger partial charge in [-0.25, -0.2) is 4.98 Å². The van der Waals surface area contributed by atoms with Crippen molar-refractivity contribution in [2.75, 3.05) is 10.6 Å². The van der Waals surface area contributed by atoms with Crippen molar-refractivity contribution in [2.24, 2.45) is 0 Å². The zero-order valence-corrected chi connectivity index (χ0v) is 11.2. The third-order valence-corrected chi connectivity index (χ3v) is 3.93. The molecule has 3 nitrogen and oxygen atoms in total. The molecule has 0 saturated carbocycles. The van der Waals surface area contributed by atoms with Crippen LogP contribution in [0.15, 0.2) is 42.6 Å². The average Bonchev–Trinajstić information content (AvgIpc) is 2.44. The molecule has 1 aliphatic heterocycles. The van der Waals surface area contributed by atoms with Crippen molar-refractivity contribution in [2.45, 2.75) is 32.4 Å². The second kappa shape index (κ2) is 4.92. The summed E-state index contributed by atoms with van der Waals surface area (Å²) in [5.74, 6) is 0.637. The number of hydrogen-bond donors (Lipinski definition) is 1. The maximum atomic E-state index is 5.97. The Kier molecular flexibility index (Phi) is 3.11. The van der Waals surface area contributed by atoms with Crippen molar-refractivity contribution in [3.05, 3.63) is 53.7 Å². The second-order valence-corrected chi connectivity index (χ2v) is 5.19. The first-order chi connectivity index (χ1) is 9.25. The minimum atomic E-state index is 0.537. The lowest BCUT2D eigenvalue weighted by molar-refractivity contribution is 0.560. The van der Waals surface area contributed by atoms with Gasteiger partial charge in [0.1, 0.15) is 5.82 Å². The van der Waals surface area contributed by atoms with Crippen molar-refractivity contribution in [1.82, 2.24) is 4.98 Å². The smallest absolute Gasteiger partial charge is 0.128 e. The molecule has 0 fully saturated rings. The van der Waals surface area contributed by atoms with Crippen molar-refractivity contribution in [1.29, 1.82) is 0 Å². The summed E-state index contributed by atoms with van der Waals surface area (Å²) >= 11 is 0. The highest BCUT2D eigenvalue weighted by Crippen LogP contribution is 2.32. The molecule has 0 aliphatic carbocycles. The van der Waals surface area contributed by atoms with Gasteiger partial charge in [-0.3, -0.25) is 0 Å². The summed E-state index contributed by atoms with van der Waals surface area (Å²) in [4.78, 5) is 6.61. The Morgan fingerprint density at radius 1 is 1.26 bits per heavy atom. The second-order valence-electron chi connectivity index (χ2n) is 5.19. The number of para-hydroxylation sites is 1. The number of rotatable bonds is 2. The standard InChI is InChI=1S/C16H19N3/c1-12-8-9-13-5-2-3-7-15(13)19(12)11-14-6-4-10-18-16(14)17/h2-7,10,12H,8-9,11H2,1H3,(H2,17,18). The molecule has 3 heteroatoms. The van der Waals surface area contributed by atoms with Gasteiger partial charge in [0.2, 0.25) is 0 Å². The Hall–Kier alpha value is -2.03. The summed E-state index contributed by atoms with van der Waals surface area (Å²) in [7, 11) is 0. The predicted octanol–water partition coefficient (Wildman–Crippen LogP) is 3.01. The molecule has 1 aromatic carbocycles. The summed E-state index contributed by atoms with van der Waals surface area (Å²) in [6.45, 7) is 3.11. The van der Waals surface area contributed by atoms with E-state index in [1.54, 1.807) is 6.20 Å². The third-order valence-electron chi connectivity index (χ3n) is 3.93. The number of fused-ring (bicyclic) bond motifs is 1. The number of anilines is 2. The van der Waals surface area contributed by atoms with Crippen molar-refractivity contribution in [3.63, 3.8) is 0 Å². The Morgan fingerprint density at radius 2 is 2.11 bits per heavy atom. The fourth-order valence-electron chi connectivity index (χ4n) is 2.77. The maximum Gasteiger partial charge on any atom is 0.128 e. The van der Waals surface area contributed by atoms with Crippen LogP contribution < -0.4 is 10.6 Å². The molecule has 1 unspecified atom stereocenters. The van der Waals surface area contributed by atoms with Crippen LogP contribution in [0.3, 0.4) is 0 Å². The highest BCUT2D eigenvalue weighted by atomic mass is 15.2. The summed E-state index contributed by atoms with van der Waals surface area (Å²) in [5, 5.41) is 0.